The topological polar surface area (TPSA) is 85.4 Å². The maximum atomic E-state index is 13.9. The molecule has 0 radical (unpaired) electrons. The number of carboxylic acid groups (broad SMARTS) is 1. The number of nitrogens with two attached hydrogens (primary N) is 1. The zero-order valence-corrected chi connectivity index (χ0v) is 17.2. The monoisotopic (exact) mass is 428 g/mol. The predicted molar refractivity (Wildman–Crippen MR) is 121 cm³/mol. The Labute approximate surface area is 184 Å². The molecule has 6 heteroatoms. The summed E-state index contributed by atoms with van der Waals surface area (Å²) in [5.41, 5.74) is 10.8. The summed E-state index contributed by atoms with van der Waals surface area (Å²) in [5, 5.41) is 11.1. The summed E-state index contributed by atoms with van der Waals surface area (Å²) in [7, 11) is 0. The number of carboxylic acids is 1. The molecule has 32 heavy (non-hydrogen) atoms. The second-order valence-electron chi connectivity index (χ2n) is 7.98. The van der Waals surface area contributed by atoms with E-state index in [1.807, 2.05) is 24.3 Å². The highest BCUT2D eigenvalue weighted by molar-refractivity contribution is 6.01. The van der Waals surface area contributed by atoms with Crippen molar-refractivity contribution in [2.75, 3.05) is 5.73 Å². The van der Waals surface area contributed by atoms with E-state index in [2.05, 4.69) is 23.2 Å². The van der Waals surface area contributed by atoms with Crippen LogP contribution in [-0.4, -0.2) is 16.1 Å². The fraction of sp³-hybridized carbons (Fsp3) is 0.154. The number of aryl methyl sites for hydroxylation is 1. The summed E-state index contributed by atoms with van der Waals surface area (Å²) >= 11 is 0. The lowest BCUT2D eigenvalue weighted by molar-refractivity contribution is -0.136. The van der Waals surface area contributed by atoms with E-state index in [0.717, 1.165) is 40.3 Å². The Morgan fingerprint density at radius 1 is 1.12 bits per heavy atom. The molecule has 3 aromatic carbocycles. The van der Waals surface area contributed by atoms with E-state index in [9.17, 15) is 14.3 Å². The van der Waals surface area contributed by atoms with Gasteiger partial charge in [-0.3, -0.25) is 4.79 Å². The van der Waals surface area contributed by atoms with Crippen LogP contribution in [0.25, 0.3) is 21.9 Å². The number of hydrogen-bond donors (Lipinski definition) is 2. The van der Waals surface area contributed by atoms with Gasteiger partial charge < -0.3 is 15.6 Å². The minimum absolute atomic E-state index is 0.222. The molecule has 1 heterocycles. The first kappa shape index (κ1) is 20.0. The number of nitrogens with zero attached hydrogens (tertiary/aromatic N) is 1. The Balaban J connectivity index is 1.53. The summed E-state index contributed by atoms with van der Waals surface area (Å²) < 4.78 is 20.1. The highest BCUT2D eigenvalue weighted by Crippen LogP contribution is 2.40. The zero-order chi connectivity index (χ0) is 22.2. The number of anilines is 1. The molecule has 0 aliphatic heterocycles. The Morgan fingerprint density at radius 3 is 2.84 bits per heavy atom. The quantitative estimate of drug-likeness (QED) is 0.450. The SMILES string of the molecule is Nc1nccc2c(-c3ccc4c(c3)[C@H](Oc3cc(F)ccc3CC(=O)O)CC4)cccc12. The molecular formula is C26H21FN2O3. The van der Waals surface area contributed by atoms with Gasteiger partial charge in [-0.05, 0) is 58.7 Å². The molecule has 1 aliphatic rings. The van der Waals surface area contributed by atoms with Crippen molar-refractivity contribution in [1.29, 1.82) is 0 Å². The second-order valence-corrected chi connectivity index (χ2v) is 7.98. The number of aromatic nitrogens is 1. The van der Waals surface area contributed by atoms with Crippen LogP contribution in [-0.2, 0) is 17.6 Å². The third-order valence-corrected chi connectivity index (χ3v) is 5.96. The number of benzene rings is 3. The number of fused-ring (bicyclic) bond motifs is 2. The molecule has 4 aromatic rings. The zero-order valence-electron chi connectivity index (χ0n) is 17.2. The summed E-state index contributed by atoms with van der Waals surface area (Å²) in [6.07, 6.45) is 2.79. The molecule has 0 unspecified atom stereocenters. The van der Waals surface area contributed by atoms with E-state index in [4.69, 9.17) is 10.5 Å². The Kier molecular flexibility index (Phi) is 4.98. The summed E-state index contributed by atoms with van der Waals surface area (Å²) in [5.74, 6) is -0.674. The van der Waals surface area contributed by atoms with Crippen molar-refractivity contribution in [3.05, 3.63) is 89.4 Å². The molecule has 0 spiro atoms. The van der Waals surface area contributed by atoms with Crippen LogP contribution in [0.2, 0.25) is 0 Å². The van der Waals surface area contributed by atoms with Crippen LogP contribution in [0, 0.1) is 5.82 Å². The molecule has 1 aliphatic carbocycles. The second kappa shape index (κ2) is 7.96. The van der Waals surface area contributed by atoms with Crippen LogP contribution in [0.3, 0.4) is 0 Å². The van der Waals surface area contributed by atoms with Crippen LogP contribution in [0.15, 0.2) is 66.9 Å². The molecule has 0 saturated heterocycles. The fourth-order valence-electron chi connectivity index (χ4n) is 4.44. The van der Waals surface area contributed by atoms with Gasteiger partial charge in [0.1, 0.15) is 23.5 Å². The van der Waals surface area contributed by atoms with Crippen molar-refractivity contribution in [1.82, 2.24) is 4.98 Å². The van der Waals surface area contributed by atoms with Crippen LogP contribution in [0.1, 0.15) is 29.2 Å². The van der Waals surface area contributed by atoms with Crippen LogP contribution >= 0.6 is 0 Å². The van der Waals surface area contributed by atoms with Crippen molar-refractivity contribution in [3.63, 3.8) is 0 Å². The maximum absolute atomic E-state index is 13.9. The first-order valence-electron chi connectivity index (χ1n) is 10.4. The van der Waals surface area contributed by atoms with Crippen LogP contribution in [0.4, 0.5) is 10.2 Å². The standard InChI is InChI=1S/C26H21FN2O3/c27-18-8-6-17(13-25(30)31)24(14-18)32-23-9-7-15-4-5-16(12-22(15)23)19-2-1-3-21-20(19)10-11-29-26(21)28/h1-6,8,10-12,14,23H,7,9,13H2,(H2,28,29)(H,30,31)/t23-/m1/s1. The molecule has 5 rings (SSSR count). The van der Waals surface area contributed by atoms with Crippen molar-refractivity contribution >= 4 is 22.6 Å². The molecule has 0 saturated carbocycles. The van der Waals surface area contributed by atoms with E-state index < -0.39 is 11.8 Å². The van der Waals surface area contributed by atoms with E-state index in [0.29, 0.717) is 11.4 Å². The molecule has 1 aromatic heterocycles. The number of hydrogen-bond acceptors (Lipinski definition) is 4. The van der Waals surface area contributed by atoms with Gasteiger partial charge >= 0.3 is 5.97 Å². The van der Waals surface area contributed by atoms with Gasteiger partial charge in [-0.1, -0.05) is 36.4 Å². The molecule has 0 fully saturated rings. The van der Waals surface area contributed by atoms with Crippen molar-refractivity contribution < 1.29 is 19.0 Å². The first-order chi connectivity index (χ1) is 15.5. The minimum Gasteiger partial charge on any atom is -0.485 e. The molecule has 0 bridgehead atoms. The Bertz CT molecular complexity index is 1350. The molecule has 1 atom stereocenters. The lowest BCUT2D eigenvalue weighted by atomic mass is 9.96. The number of nitrogen functional groups attached to an aromatic ring is 1. The lowest BCUT2D eigenvalue weighted by Crippen LogP contribution is -2.08. The van der Waals surface area contributed by atoms with Gasteiger partial charge in [-0.25, -0.2) is 9.37 Å². The van der Waals surface area contributed by atoms with Crippen molar-refractivity contribution in [2.45, 2.75) is 25.4 Å². The van der Waals surface area contributed by atoms with Crippen molar-refractivity contribution in [2.24, 2.45) is 0 Å². The van der Waals surface area contributed by atoms with E-state index in [1.165, 1.54) is 23.8 Å². The number of ether oxygens (including phenoxy) is 1. The third-order valence-electron chi connectivity index (χ3n) is 5.96. The number of halogens is 1. The van der Waals surface area contributed by atoms with Gasteiger partial charge in [0.25, 0.3) is 0 Å². The summed E-state index contributed by atoms with van der Waals surface area (Å²) in [6.45, 7) is 0. The van der Waals surface area contributed by atoms with E-state index in [1.54, 1.807) is 6.20 Å². The number of aliphatic carboxylic acids is 1. The van der Waals surface area contributed by atoms with E-state index >= 15 is 0 Å². The van der Waals surface area contributed by atoms with Crippen molar-refractivity contribution in [3.8, 4) is 16.9 Å². The van der Waals surface area contributed by atoms with Crippen LogP contribution < -0.4 is 10.5 Å². The summed E-state index contributed by atoms with van der Waals surface area (Å²) in [6, 6.07) is 18.2. The van der Waals surface area contributed by atoms with Crippen LogP contribution in [0.5, 0.6) is 5.75 Å². The average Bonchev–Trinajstić information content (AvgIpc) is 3.17. The van der Waals surface area contributed by atoms with Gasteiger partial charge in [0, 0.05) is 23.2 Å². The maximum Gasteiger partial charge on any atom is 0.307 e. The van der Waals surface area contributed by atoms with Gasteiger partial charge in [0.05, 0.1) is 6.42 Å². The Hall–Kier alpha value is -3.93. The van der Waals surface area contributed by atoms with E-state index in [-0.39, 0.29) is 18.3 Å². The fourth-order valence-corrected chi connectivity index (χ4v) is 4.44. The normalized spacial score (nSPS) is 15.0. The molecular weight excluding hydrogens is 407 g/mol. The largest absolute Gasteiger partial charge is 0.485 e. The third kappa shape index (κ3) is 3.64. The van der Waals surface area contributed by atoms with Gasteiger partial charge in [-0.2, -0.15) is 0 Å². The number of rotatable bonds is 5. The highest BCUT2D eigenvalue weighted by Gasteiger charge is 2.26. The van der Waals surface area contributed by atoms with Gasteiger partial charge in [-0.15, -0.1) is 0 Å². The summed E-state index contributed by atoms with van der Waals surface area (Å²) in [4.78, 5) is 15.4. The molecule has 0 amide bonds. The smallest absolute Gasteiger partial charge is 0.307 e. The lowest BCUT2D eigenvalue weighted by Gasteiger charge is -2.18. The predicted octanol–water partition coefficient (Wildman–Crippen LogP) is 5.32. The minimum atomic E-state index is -0.986. The number of pyridine rings is 1. The molecule has 5 nitrogen and oxygen atoms in total. The Morgan fingerprint density at radius 2 is 2.00 bits per heavy atom. The molecule has 160 valence electrons. The molecule has 3 N–H and O–H groups in total. The number of carbonyl (C=O) groups is 1. The first-order valence-corrected chi connectivity index (χ1v) is 10.4. The van der Waals surface area contributed by atoms with Gasteiger partial charge in [0.15, 0.2) is 0 Å². The highest BCUT2D eigenvalue weighted by atomic mass is 19.1. The van der Waals surface area contributed by atoms with Gasteiger partial charge in [0.2, 0.25) is 0 Å². The average molecular weight is 428 g/mol.